The Balaban J connectivity index is 2.42. The molecule has 0 aliphatic carbocycles. The zero-order valence-corrected chi connectivity index (χ0v) is 13.1. The average Bonchev–Trinajstić information content (AvgIpc) is 2.36. The van der Waals surface area contributed by atoms with Crippen molar-refractivity contribution in [3.63, 3.8) is 0 Å². The molecule has 0 aromatic heterocycles. The zero-order valence-electron chi connectivity index (χ0n) is 10.7. The Morgan fingerprint density at radius 1 is 1.39 bits per heavy atom. The third-order valence-electron chi connectivity index (χ3n) is 2.58. The van der Waals surface area contributed by atoms with E-state index in [1.54, 1.807) is 11.8 Å². The van der Waals surface area contributed by atoms with Gasteiger partial charge in [0.15, 0.2) is 0 Å². The summed E-state index contributed by atoms with van der Waals surface area (Å²) in [5.41, 5.74) is 6.61. The van der Waals surface area contributed by atoms with Gasteiger partial charge in [-0.25, -0.2) is 0 Å². The number of rotatable bonds is 6. The minimum atomic E-state index is 0.0272. The number of carbonyl (C=O) groups is 1. The van der Waals surface area contributed by atoms with Gasteiger partial charge in [0, 0.05) is 16.3 Å². The molecule has 0 heterocycles. The Morgan fingerprint density at radius 2 is 2.00 bits per heavy atom. The number of nitrogens with one attached hydrogen (secondary N) is 1. The fourth-order valence-electron chi connectivity index (χ4n) is 1.40. The summed E-state index contributed by atoms with van der Waals surface area (Å²) in [4.78, 5) is 11.7. The summed E-state index contributed by atoms with van der Waals surface area (Å²) in [7, 11) is 0. The van der Waals surface area contributed by atoms with Gasteiger partial charge < -0.3 is 11.1 Å². The topological polar surface area (TPSA) is 55.1 Å². The molecule has 2 unspecified atom stereocenters. The summed E-state index contributed by atoms with van der Waals surface area (Å²) >= 11 is 4.97. The van der Waals surface area contributed by atoms with Crippen LogP contribution in [0.2, 0.25) is 0 Å². The van der Waals surface area contributed by atoms with E-state index in [0.717, 1.165) is 10.0 Å². The predicted molar refractivity (Wildman–Crippen MR) is 81.7 cm³/mol. The van der Waals surface area contributed by atoms with E-state index in [2.05, 4.69) is 21.2 Å². The molecule has 3 nitrogen and oxygen atoms in total. The van der Waals surface area contributed by atoms with E-state index in [1.165, 1.54) is 0 Å². The lowest BCUT2D eigenvalue weighted by atomic mass is 10.1. The second-order valence-electron chi connectivity index (χ2n) is 4.20. The van der Waals surface area contributed by atoms with Gasteiger partial charge in [-0.05, 0) is 24.6 Å². The van der Waals surface area contributed by atoms with Crippen molar-refractivity contribution < 1.29 is 4.79 Å². The van der Waals surface area contributed by atoms with E-state index in [1.807, 2.05) is 38.1 Å². The average molecular weight is 331 g/mol. The van der Waals surface area contributed by atoms with Crippen LogP contribution < -0.4 is 11.1 Å². The first-order valence-corrected chi connectivity index (χ1v) is 7.73. The number of hydrogen-bond donors (Lipinski definition) is 2. The molecule has 0 saturated carbocycles. The normalized spacial score (nSPS) is 14.0. The lowest BCUT2D eigenvalue weighted by Gasteiger charge is -2.15. The number of nitrogens with two attached hydrogens (primary N) is 1. The lowest BCUT2D eigenvalue weighted by Crippen LogP contribution is -2.29. The highest BCUT2D eigenvalue weighted by Crippen LogP contribution is 2.17. The van der Waals surface area contributed by atoms with E-state index in [9.17, 15) is 4.79 Å². The number of amides is 1. The van der Waals surface area contributed by atoms with Crippen molar-refractivity contribution in [2.75, 3.05) is 12.3 Å². The maximum absolute atomic E-state index is 11.7. The van der Waals surface area contributed by atoms with Crippen LogP contribution in [0.4, 0.5) is 0 Å². The molecule has 1 rings (SSSR count). The molecule has 1 amide bonds. The van der Waals surface area contributed by atoms with Gasteiger partial charge in [0.05, 0.1) is 11.8 Å². The molecule has 3 N–H and O–H groups in total. The Bertz CT molecular complexity index is 383. The second-order valence-corrected chi connectivity index (χ2v) is 6.54. The number of thioether (sulfide) groups is 1. The van der Waals surface area contributed by atoms with Crippen LogP contribution in [0.3, 0.4) is 0 Å². The predicted octanol–water partition coefficient (Wildman–Crippen LogP) is 2.71. The van der Waals surface area contributed by atoms with Crippen LogP contribution in [0.25, 0.3) is 0 Å². The number of carbonyl (C=O) groups excluding carboxylic acids is 1. The molecule has 0 fully saturated rings. The van der Waals surface area contributed by atoms with Crippen LogP contribution in [0.5, 0.6) is 0 Å². The molecular weight excluding hydrogens is 312 g/mol. The van der Waals surface area contributed by atoms with Gasteiger partial charge in [0.1, 0.15) is 0 Å². The minimum Gasteiger partial charge on any atom is -0.349 e. The van der Waals surface area contributed by atoms with Gasteiger partial charge >= 0.3 is 0 Å². The molecule has 0 radical (unpaired) electrons. The van der Waals surface area contributed by atoms with Crippen LogP contribution in [-0.4, -0.2) is 23.5 Å². The maximum atomic E-state index is 11.7. The summed E-state index contributed by atoms with van der Waals surface area (Å²) in [5.74, 6) is 0.509. The molecule has 18 heavy (non-hydrogen) atoms. The highest BCUT2D eigenvalue weighted by Gasteiger charge is 2.10. The fourth-order valence-corrected chi connectivity index (χ4v) is 2.32. The highest BCUT2D eigenvalue weighted by molar-refractivity contribution is 9.10. The standard InChI is InChI=1S/C13H19BrN2OS/c1-9(7-15)18-8-13(17)16-10(2)11-3-5-12(14)6-4-11/h3-6,9-10H,7-8,15H2,1-2H3,(H,16,17). The van der Waals surface area contributed by atoms with E-state index >= 15 is 0 Å². The second kappa shape index (κ2) is 7.81. The summed E-state index contributed by atoms with van der Waals surface area (Å²) in [6.07, 6.45) is 0. The summed E-state index contributed by atoms with van der Waals surface area (Å²) in [5, 5.41) is 3.30. The van der Waals surface area contributed by atoms with Gasteiger partial charge in [-0.15, -0.1) is 11.8 Å². The van der Waals surface area contributed by atoms with Crippen molar-refractivity contribution in [2.45, 2.75) is 25.1 Å². The third-order valence-corrected chi connectivity index (χ3v) is 4.30. The molecule has 0 saturated heterocycles. The Kier molecular flexibility index (Phi) is 6.75. The first-order chi connectivity index (χ1) is 8.52. The van der Waals surface area contributed by atoms with E-state index in [4.69, 9.17) is 5.73 Å². The molecule has 100 valence electrons. The molecule has 1 aromatic rings. The fraction of sp³-hybridized carbons (Fsp3) is 0.462. The smallest absolute Gasteiger partial charge is 0.230 e. The van der Waals surface area contributed by atoms with Crippen molar-refractivity contribution in [1.29, 1.82) is 0 Å². The minimum absolute atomic E-state index is 0.0272. The van der Waals surface area contributed by atoms with Gasteiger partial charge in [-0.2, -0.15) is 0 Å². The number of hydrogen-bond acceptors (Lipinski definition) is 3. The first-order valence-electron chi connectivity index (χ1n) is 5.89. The Morgan fingerprint density at radius 3 is 2.56 bits per heavy atom. The molecule has 2 atom stereocenters. The van der Waals surface area contributed by atoms with E-state index in [0.29, 0.717) is 17.5 Å². The van der Waals surface area contributed by atoms with Gasteiger partial charge in [0.2, 0.25) is 5.91 Å². The van der Waals surface area contributed by atoms with Crippen LogP contribution in [0.15, 0.2) is 28.7 Å². The summed E-state index contributed by atoms with van der Waals surface area (Å²) < 4.78 is 1.04. The van der Waals surface area contributed by atoms with Crippen molar-refractivity contribution >= 4 is 33.6 Å². The third kappa shape index (κ3) is 5.42. The SMILES string of the molecule is CC(CN)SCC(=O)NC(C)c1ccc(Br)cc1. The largest absolute Gasteiger partial charge is 0.349 e. The number of halogens is 1. The van der Waals surface area contributed by atoms with Crippen molar-refractivity contribution in [3.05, 3.63) is 34.3 Å². The monoisotopic (exact) mass is 330 g/mol. The van der Waals surface area contributed by atoms with E-state index in [-0.39, 0.29) is 11.9 Å². The zero-order chi connectivity index (χ0) is 13.5. The first kappa shape index (κ1) is 15.5. The number of benzene rings is 1. The van der Waals surface area contributed by atoms with Crippen LogP contribution in [0.1, 0.15) is 25.5 Å². The Labute approximate surface area is 121 Å². The van der Waals surface area contributed by atoms with Crippen molar-refractivity contribution in [1.82, 2.24) is 5.32 Å². The van der Waals surface area contributed by atoms with Crippen molar-refractivity contribution in [2.24, 2.45) is 5.73 Å². The molecule has 0 spiro atoms. The molecule has 5 heteroatoms. The van der Waals surface area contributed by atoms with Crippen LogP contribution in [0, 0.1) is 0 Å². The Hall–Kier alpha value is -0.520. The summed E-state index contributed by atoms with van der Waals surface area (Å²) in [6.45, 7) is 4.61. The van der Waals surface area contributed by atoms with Crippen molar-refractivity contribution in [3.8, 4) is 0 Å². The molecule has 1 aromatic carbocycles. The van der Waals surface area contributed by atoms with Gasteiger partial charge in [0.25, 0.3) is 0 Å². The van der Waals surface area contributed by atoms with Crippen LogP contribution >= 0.6 is 27.7 Å². The highest BCUT2D eigenvalue weighted by atomic mass is 79.9. The van der Waals surface area contributed by atoms with E-state index < -0.39 is 0 Å². The molecule has 0 aliphatic heterocycles. The maximum Gasteiger partial charge on any atom is 0.230 e. The summed E-state index contributed by atoms with van der Waals surface area (Å²) in [6, 6.07) is 7.99. The lowest BCUT2D eigenvalue weighted by molar-refractivity contribution is -0.119. The van der Waals surface area contributed by atoms with Crippen LogP contribution in [-0.2, 0) is 4.79 Å². The van der Waals surface area contributed by atoms with Gasteiger partial charge in [-0.1, -0.05) is 35.0 Å². The molecule has 0 bridgehead atoms. The molecule has 0 aliphatic rings. The van der Waals surface area contributed by atoms with Gasteiger partial charge in [-0.3, -0.25) is 4.79 Å². The molecular formula is C13H19BrN2OS. The quantitative estimate of drug-likeness (QED) is 0.843.